The van der Waals surface area contributed by atoms with Gasteiger partial charge in [0, 0.05) is 12.3 Å². The predicted octanol–water partition coefficient (Wildman–Crippen LogP) is 1.98. The van der Waals surface area contributed by atoms with E-state index in [1.165, 1.54) is 0 Å². The maximum Gasteiger partial charge on any atom is 0.327 e. The van der Waals surface area contributed by atoms with Crippen molar-refractivity contribution in [3.05, 3.63) is 0 Å². The normalized spacial score (nSPS) is 26.8. The lowest BCUT2D eigenvalue weighted by Crippen LogP contribution is -2.51. The molecular weight excluding hydrogens is 264 g/mol. The maximum atomic E-state index is 12.2. The van der Waals surface area contributed by atoms with Crippen LogP contribution in [0.25, 0.3) is 0 Å². The first kappa shape index (κ1) is 14.5. The highest BCUT2D eigenvalue weighted by Gasteiger charge is 2.47. The van der Waals surface area contributed by atoms with Gasteiger partial charge in [0.1, 0.15) is 6.04 Å². The van der Waals surface area contributed by atoms with E-state index < -0.39 is 12.0 Å². The molecule has 2 unspecified atom stereocenters. The van der Waals surface area contributed by atoms with Crippen molar-refractivity contribution in [1.82, 2.24) is 10.2 Å². The van der Waals surface area contributed by atoms with Crippen molar-refractivity contribution < 1.29 is 14.7 Å². The number of carboxylic acid groups (broad SMARTS) is 1. The van der Waals surface area contributed by atoms with Crippen LogP contribution in [0.15, 0.2) is 0 Å². The molecule has 108 valence electrons. The van der Waals surface area contributed by atoms with Crippen molar-refractivity contribution in [3.8, 4) is 0 Å². The van der Waals surface area contributed by atoms with Crippen LogP contribution in [0.4, 0.5) is 4.79 Å². The third-order valence-electron chi connectivity index (χ3n) is 3.58. The summed E-state index contributed by atoms with van der Waals surface area (Å²) in [6, 6.07) is -0.885. The number of nitrogens with one attached hydrogen (secondary N) is 1. The highest BCUT2D eigenvalue weighted by Crippen LogP contribution is 2.45. The Morgan fingerprint density at radius 1 is 1.42 bits per heavy atom. The first-order valence-corrected chi connectivity index (χ1v) is 7.96. The van der Waals surface area contributed by atoms with Crippen molar-refractivity contribution in [2.45, 2.75) is 44.5 Å². The third kappa shape index (κ3) is 3.55. The standard InChI is InChI=1S/C13H22N2O3S/c1-8(2)5-6-14-13(18)15-10(12(16)17)7-19-11(15)9-3-4-9/h8-11H,3-7H2,1-2H3,(H,14,18)(H,16,17). The lowest BCUT2D eigenvalue weighted by molar-refractivity contribution is -0.141. The summed E-state index contributed by atoms with van der Waals surface area (Å²) < 4.78 is 0. The lowest BCUT2D eigenvalue weighted by Gasteiger charge is -2.27. The first-order valence-electron chi connectivity index (χ1n) is 6.91. The molecule has 6 heteroatoms. The molecule has 2 amide bonds. The highest BCUT2D eigenvalue weighted by atomic mass is 32.2. The van der Waals surface area contributed by atoms with Crippen LogP contribution >= 0.6 is 11.8 Å². The number of hydrogen-bond acceptors (Lipinski definition) is 3. The van der Waals surface area contributed by atoms with Crippen LogP contribution in [0, 0.1) is 11.8 Å². The van der Waals surface area contributed by atoms with Crippen LogP contribution in [0.5, 0.6) is 0 Å². The van der Waals surface area contributed by atoms with Crippen LogP contribution in [0.1, 0.15) is 33.1 Å². The van der Waals surface area contributed by atoms with Gasteiger partial charge in [-0.3, -0.25) is 4.90 Å². The second kappa shape index (κ2) is 6.03. The third-order valence-corrected chi connectivity index (χ3v) is 5.04. The Morgan fingerprint density at radius 2 is 2.11 bits per heavy atom. The average molecular weight is 286 g/mol. The summed E-state index contributed by atoms with van der Waals surface area (Å²) >= 11 is 1.61. The zero-order valence-electron chi connectivity index (χ0n) is 11.5. The highest BCUT2D eigenvalue weighted by molar-refractivity contribution is 8.00. The summed E-state index contributed by atoms with van der Waals surface area (Å²) in [6.07, 6.45) is 3.14. The van der Waals surface area contributed by atoms with Crippen LogP contribution in [-0.2, 0) is 4.79 Å². The topological polar surface area (TPSA) is 69.6 Å². The molecule has 0 aromatic heterocycles. The van der Waals surface area contributed by atoms with Crippen molar-refractivity contribution in [1.29, 1.82) is 0 Å². The van der Waals surface area contributed by atoms with Gasteiger partial charge in [0.2, 0.25) is 0 Å². The smallest absolute Gasteiger partial charge is 0.327 e. The number of carbonyl (C=O) groups is 2. The minimum Gasteiger partial charge on any atom is -0.480 e. The van der Waals surface area contributed by atoms with Gasteiger partial charge in [-0.25, -0.2) is 9.59 Å². The second-order valence-electron chi connectivity index (χ2n) is 5.74. The molecule has 2 atom stereocenters. The molecule has 2 aliphatic rings. The molecule has 2 fully saturated rings. The Labute approximate surface area is 118 Å². The maximum absolute atomic E-state index is 12.2. The number of thioether (sulfide) groups is 1. The quantitative estimate of drug-likeness (QED) is 0.811. The predicted molar refractivity (Wildman–Crippen MR) is 75.1 cm³/mol. The first-order chi connectivity index (χ1) is 9.00. The zero-order chi connectivity index (χ0) is 14.0. The monoisotopic (exact) mass is 286 g/mol. The SMILES string of the molecule is CC(C)CCNC(=O)N1C(C(=O)O)CSC1C1CC1. The molecule has 1 saturated heterocycles. The Balaban J connectivity index is 1.95. The molecule has 19 heavy (non-hydrogen) atoms. The summed E-state index contributed by atoms with van der Waals surface area (Å²) in [5.41, 5.74) is 0. The minimum atomic E-state index is -0.894. The van der Waals surface area contributed by atoms with Gasteiger partial charge in [-0.1, -0.05) is 13.8 Å². The number of carboxylic acids is 1. The second-order valence-corrected chi connectivity index (χ2v) is 6.89. The fourth-order valence-electron chi connectivity index (χ4n) is 2.28. The molecule has 0 radical (unpaired) electrons. The van der Waals surface area contributed by atoms with E-state index in [-0.39, 0.29) is 11.4 Å². The average Bonchev–Trinajstić information content (AvgIpc) is 3.06. The number of urea groups is 1. The molecule has 1 saturated carbocycles. The van der Waals surface area contributed by atoms with Crippen molar-refractivity contribution in [2.24, 2.45) is 11.8 Å². The number of nitrogens with zero attached hydrogens (tertiary/aromatic N) is 1. The number of hydrogen-bond donors (Lipinski definition) is 2. The van der Waals surface area contributed by atoms with E-state index in [9.17, 15) is 14.7 Å². The number of carbonyl (C=O) groups excluding carboxylic acids is 1. The molecular formula is C13H22N2O3S. The summed E-state index contributed by atoms with van der Waals surface area (Å²) in [5.74, 6) is 0.635. The van der Waals surface area contributed by atoms with Crippen LogP contribution in [0.3, 0.4) is 0 Å². The molecule has 2 N–H and O–H groups in total. The lowest BCUT2D eigenvalue weighted by atomic mass is 10.1. The summed E-state index contributed by atoms with van der Waals surface area (Å²) in [6.45, 7) is 4.82. The van der Waals surface area contributed by atoms with Gasteiger partial charge in [-0.15, -0.1) is 11.8 Å². The Bertz CT molecular complexity index is 358. The van der Waals surface area contributed by atoms with Gasteiger partial charge in [0.05, 0.1) is 5.37 Å². The van der Waals surface area contributed by atoms with Gasteiger partial charge < -0.3 is 10.4 Å². The molecule has 1 aliphatic heterocycles. The van der Waals surface area contributed by atoms with E-state index in [0.717, 1.165) is 19.3 Å². The van der Waals surface area contributed by atoms with E-state index in [1.54, 1.807) is 16.7 Å². The van der Waals surface area contributed by atoms with Gasteiger partial charge in [0.25, 0.3) is 0 Å². The fraction of sp³-hybridized carbons (Fsp3) is 0.846. The molecule has 0 aromatic rings. The van der Waals surface area contributed by atoms with E-state index in [1.807, 2.05) is 0 Å². The van der Waals surface area contributed by atoms with Crippen LogP contribution in [0.2, 0.25) is 0 Å². The molecule has 2 rings (SSSR count). The van der Waals surface area contributed by atoms with E-state index >= 15 is 0 Å². The molecule has 1 heterocycles. The minimum absolute atomic E-state index is 0.0557. The number of rotatable bonds is 5. The molecule has 0 spiro atoms. The van der Waals surface area contributed by atoms with Gasteiger partial charge >= 0.3 is 12.0 Å². The molecule has 0 bridgehead atoms. The largest absolute Gasteiger partial charge is 0.480 e. The Kier molecular flexibility index (Phi) is 4.60. The van der Waals surface area contributed by atoms with Crippen molar-refractivity contribution in [3.63, 3.8) is 0 Å². The zero-order valence-corrected chi connectivity index (χ0v) is 12.3. The number of aliphatic carboxylic acids is 1. The summed E-state index contributed by atoms with van der Waals surface area (Å²) in [5, 5.41) is 12.2. The Hall–Kier alpha value is -0.910. The fourth-order valence-corrected chi connectivity index (χ4v) is 3.91. The van der Waals surface area contributed by atoms with Gasteiger partial charge in [0.15, 0.2) is 0 Å². The molecule has 0 aromatic carbocycles. The number of amides is 2. The van der Waals surface area contributed by atoms with Crippen molar-refractivity contribution >= 4 is 23.8 Å². The summed E-state index contributed by atoms with van der Waals surface area (Å²) in [4.78, 5) is 25.0. The molecule has 1 aliphatic carbocycles. The van der Waals surface area contributed by atoms with Crippen LogP contribution in [-0.4, -0.2) is 45.7 Å². The summed E-state index contributed by atoms with van der Waals surface area (Å²) in [7, 11) is 0. The van der Waals surface area contributed by atoms with Crippen molar-refractivity contribution in [2.75, 3.05) is 12.3 Å². The van der Waals surface area contributed by atoms with Crippen LogP contribution < -0.4 is 5.32 Å². The van der Waals surface area contributed by atoms with Gasteiger partial charge in [-0.2, -0.15) is 0 Å². The van der Waals surface area contributed by atoms with Gasteiger partial charge in [-0.05, 0) is 31.1 Å². The van der Waals surface area contributed by atoms with E-state index in [0.29, 0.717) is 24.1 Å². The Morgan fingerprint density at radius 3 is 2.63 bits per heavy atom. The molecule has 5 nitrogen and oxygen atoms in total. The van der Waals surface area contributed by atoms with E-state index in [2.05, 4.69) is 19.2 Å². The van der Waals surface area contributed by atoms with E-state index in [4.69, 9.17) is 0 Å².